The van der Waals surface area contributed by atoms with E-state index in [2.05, 4.69) is 54.8 Å². The van der Waals surface area contributed by atoms with E-state index in [9.17, 15) is 19.5 Å². The van der Waals surface area contributed by atoms with Gasteiger partial charge in [0, 0.05) is 6.07 Å². The van der Waals surface area contributed by atoms with Crippen LogP contribution in [0.25, 0.3) is 16.8 Å². The summed E-state index contributed by atoms with van der Waals surface area (Å²) in [5.74, 6) is -2.16. The topological polar surface area (TPSA) is 162 Å². The molecule has 1 atom stereocenters. The minimum Gasteiger partial charge on any atom is -0.477 e. The molecular formula is C29H27N7O5S. The summed E-state index contributed by atoms with van der Waals surface area (Å²) in [4.78, 5) is 44.3. The highest BCUT2D eigenvalue weighted by molar-refractivity contribution is 7.00. The fourth-order valence-electron chi connectivity index (χ4n) is 4.83. The lowest BCUT2D eigenvalue weighted by Gasteiger charge is -2.16. The van der Waals surface area contributed by atoms with Crippen molar-refractivity contribution in [3.8, 4) is 0 Å². The molecular weight excluding hydrogens is 558 g/mol. The maximum Gasteiger partial charge on any atom is 0.354 e. The van der Waals surface area contributed by atoms with Gasteiger partial charge in [-0.3, -0.25) is 4.79 Å². The molecule has 0 saturated carbocycles. The predicted octanol–water partition coefficient (Wildman–Crippen LogP) is 4.14. The highest BCUT2D eigenvalue weighted by atomic mass is 32.1. The van der Waals surface area contributed by atoms with Gasteiger partial charge in [0.15, 0.2) is 5.69 Å². The third-order valence-corrected chi connectivity index (χ3v) is 7.54. The molecule has 0 fully saturated rings. The van der Waals surface area contributed by atoms with Gasteiger partial charge in [-0.1, -0.05) is 31.7 Å². The van der Waals surface area contributed by atoms with Crippen LogP contribution in [0.15, 0.2) is 55.4 Å². The van der Waals surface area contributed by atoms with E-state index in [4.69, 9.17) is 4.74 Å². The van der Waals surface area contributed by atoms with Crippen LogP contribution in [-0.4, -0.2) is 57.9 Å². The second kappa shape index (κ2) is 12.2. The van der Waals surface area contributed by atoms with Crippen molar-refractivity contribution in [1.82, 2.24) is 33.6 Å². The molecule has 2 aromatic carbocycles. The molecule has 0 unspecified atom stereocenters. The number of aryl methyl sites for hydroxylation is 1. The largest absolute Gasteiger partial charge is 0.477 e. The second-order valence-electron chi connectivity index (χ2n) is 9.50. The number of nitrogens with zero attached hydrogens (tertiary/aromatic N) is 6. The van der Waals surface area contributed by atoms with Gasteiger partial charge in [0.25, 0.3) is 11.7 Å². The second-order valence-corrected chi connectivity index (χ2v) is 10.0. The molecule has 3 aromatic heterocycles. The van der Waals surface area contributed by atoms with Crippen LogP contribution >= 0.6 is 11.7 Å². The minimum atomic E-state index is -1.27. The summed E-state index contributed by atoms with van der Waals surface area (Å²) in [6.45, 7) is 7.67. The highest BCUT2D eigenvalue weighted by Crippen LogP contribution is 2.35. The van der Waals surface area contributed by atoms with Crippen LogP contribution in [0.1, 0.15) is 73.0 Å². The molecule has 214 valence electrons. The molecule has 13 heteroatoms. The Balaban J connectivity index is 0.000000267. The maximum absolute atomic E-state index is 13.0. The summed E-state index contributed by atoms with van der Waals surface area (Å²) in [6.07, 6.45) is 5.10. The molecule has 12 nitrogen and oxygen atoms in total. The molecule has 2 N–H and O–H groups in total. The summed E-state index contributed by atoms with van der Waals surface area (Å²) in [7, 11) is 0. The van der Waals surface area contributed by atoms with Crippen molar-refractivity contribution in [2.24, 2.45) is 0 Å². The van der Waals surface area contributed by atoms with Crippen molar-refractivity contribution in [2.45, 2.75) is 39.2 Å². The first-order valence-corrected chi connectivity index (χ1v) is 13.9. The first-order chi connectivity index (χ1) is 20.3. The number of hydrogen-bond acceptors (Lipinski definition) is 10. The van der Waals surface area contributed by atoms with Crippen molar-refractivity contribution in [2.75, 3.05) is 6.61 Å². The molecule has 1 aliphatic carbocycles. The number of aromatic nitrogens is 6. The number of esters is 1. The molecule has 5 aromatic rings. The Labute approximate surface area is 244 Å². The van der Waals surface area contributed by atoms with E-state index in [0.717, 1.165) is 34.1 Å². The number of hydrogen-bond donors (Lipinski definition) is 2. The monoisotopic (exact) mass is 585 g/mol. The summed E-state index contributed by atoms with van der Waals surface area (Å²) in [6, 6.07) is 10.6. The molecule has 0 saturated heterocycles. The van der Waals surface area contributed by atoms with E-state index in [-0.39, 0.29) is 29.8 Å². The summed E-state index contributed by atoms with van der Waals surface area (Å²) >= 11 is 1.27. The Bertz CT molecular complexity index is 1830. The molecule has 0 radical (unpaired) electrons. The molecule has 3 heterocycles. The van der Waals surface area contributed by atoms with E-state index < -0.39 is 17.8 Å². The Morgan fingerprint density at radius 3 is 2.76 bits per heavy atom. The Hall–Kier alpha value is -5.04. The van der Waals surface area contributed by atoms with Crippen LogP contribution in [-0.2, 0) is 17.6 Å². The van der Waals surface area contributed by atoms with Crippen LogP contribution in [0.2, 0.25) is 0 Å². The van der Waals surface area contributed by atoms with Gasteiger partial charge in [-0.15, -0.1) is 0 Å². The first-order valence-electron chi connectivity index (χ1n) is 13.2. The lowest BCUT2D eigenvalue weighted by molar-refractivity contribution is 0.0548. The smallest absolute Gasteiger partial charge is 0.354 e. The van der Waals surface area contributed by atoms with E-state index in [1.807, 2.05) is 19.1 Å². The van der Waals surface area contributed by atoms with E-state index >= 15 is 0 Å². The van der Waals surface area contributed by atoms with Crippen molar-refractivity contribution >= 4 is 46.4 Å². The molecule has 0 spiro atoms. The Kier molecular flexibility index (Phi) is 8.29. The zero-order valence-electron chi connectivity index (χ0n) is 22.9. The molecule has 0 aliphatic heterocycles. The number of benzene rings is 2. The normalized spacial score (nSPS) is 13.7. The number of aromatic carboxylic acids is 1. The van der Waals surface area contributed by atoms with Crippen molar-refractivity contribution < 1.29 is 24.2 Å². The zero-order chi connectivity index (χ0) is 29.8. The Morgan fingerprint density at radius 2 is 2.00 bits per heavy atom. The van der Waals surface area contributed by atoms with Crippen LogP contribution in [0.5, 0.6) is 0 Å². The van der Waals surface area contributed by atoms with E-state index in [1.54, 1.807) is 6.07 Å². The molecule has 42 heavy (non-hydrogen) atoms. The highest BCUT2D eigenvalue weighted by Gasteiger charge is 2.29. The van der Waals surface area contributed by atoms with Crippen LogP contribution in [0.3, 0.4) is 0 Å². The zero-order valence-corrected chi connectivity index (χ0v) is 23.7. The van der Waals surface area contributed by atoms with Gasteiger partial charge in [0.1, 0.15) is 29.7 Å². The number of amides is 1. The van der Waals surface area contributed by atoms with Gasteiger partial charge in [-0.05, 0) is 66.6 Å². The first kappa shape index (κ1) is 28.5. The number of nitrogens with one attached hydrogen (secondary N) is 1. The number of ether oxygens (including phenoxy) is 1. The number of carbonyl (C=O) groups is 3. The third-order valence-electron chi connectivity index (χ3n) is 6.98. The summed E-state index contributed by atoms with van der Waals surface area (Å²) < 4.78 is 14.6. The lowest BCUT2D eigenvalue weighted by Crippen LogP contribution is -2.29. The van der Waals surface area contributed by atoms with Crippen LogP contribution in [0, 0.1) is 6.92 Å². The number of carboxylic acid groups (broad SMARTS) is 1. The predicted molar refractivity (Wildman–Crippen MR) is 155 cm³/mol. The van der Waals surface area contributed by atoms with Gasteiger partial charge in [-0.25, -0.2) is 14.6 Å². The third kappa shape index (κ3) is 5.72. The number of fused-ring (bicyclic) bond motifs is 3. The van der Waals surface area contributed by atoms with Crippen molar-refractivity contribution in [3.63, 3.8) is 0 Å². The van der Waals surface area contributed by atoms with Crippen LogP contribution in [0.4, 0.5) is 0 Å². The SMILES string of the molecule is C=CCOC(=O)c1ccc2c(c1C)CC[C@@H]2NC(=O)c1cc(C(=O)O)nc2ncnn12.CCc1ccc2nsnc2c1. The van der Waals surface area contributed by atoms with E-state index in [0.29, 0.717) is 18.4 Å². The number of rotatable bonds is 7. The lowest BCUT2D eigenvalue weighted by atomic mass is 9.98. The van der Waals surface area contributed by atoms with Gasteiger partial charge in [0.05, 0.1) is 23.3 Å². The van der Waals surface area contributed by atoms with Crippen molar-refractivity contribution in [3.05, 3.63) is 94.6 Å². The molecule has 1 aliphatic rings. The summed E-state index contributed by atoms with van der Waals surface area (Å²) in [5.41, 5.74) is 6.28. The fraction of sp³-hybridized carbons (Fsp3) is 0.241. The quantitative estimate of drug-likeness (QED) is 0.210. The number of carbonyl (C=O) groups excluding carboxylic acids is 2. The molecule has 6 rings (SSSR count). The Morgan fingerprint density at radius 1 is 1.19 bits per heavy atom. The maximum atomic E-state index is 13.0. The fourth-order valence-corrected chi connectivity index (χ4v) is 5.34. The summed E-state index contributed by atoms with van der Waals surface area (Å²) in [5, 5.41) is 16.2. The molecule has 0 bridgehead atoms. The average Bonchev–Trinajstić information content (AvgIpc) is 3.75. The molecule has 1 amide bonds. The van der Waals surface area contributed by atoms with Gasteiger partial charge in [-0.2, -0.15) is 23.3 Å². The van der Waals surface area contributed by atoms with Gasteiger partial charge >= 0.3 is 11.9 Å². The van der Waals surface area contributed by atoms with Gasteiger partial charge in [0.2, 0.25) is 0 Å². The van der Waals surface area contributed by atoms with Gasteiger partial charge < -0.3 is 15.2 Å². The standard InChI is InChI=1S/C21H19N5O5.C8H8N2S/c1-3-8-31-20(30)13-4-5-14-12(11(13)2)6-7-15(14)24-18(27)17-9-16(19(28)29)25-21-22-10-23-26(17)21;1-2-6-3-4-7-8(5-6)10-11-9-7/h3-5,9-10,15H,1,6-8H2,2H3,(H,24,27)(H,28,29);3-5H,2H2,1H3/t15-;/m0./s1. The van der Waals surface area contributed by atoms with Crippen LogP contribution < -0.4 is 5.32 Å². The van der Waals surface area contributed by atoms with Crippen molar-refractivity contribution in [1.29, 1.82) is 0 Å². The average molecular weight is 586 g/mol. The number of carboxylic acids is 1. The minimum absolute atomic E-state index is 0.0229. The van der Waals surface area contributed by atoms with E-state index in [1.165, 1.54) is 40.3 Å².